The number of rotatable bonds is 6. The molecular weight excluding hydrogens is 236 g/mol. The summed E-state index contributed by atoms with van der Waals surface area (Å²) in [6.45, 7) is 2.75. The van der Waals surface area contributed by atoms with Crippen molar-refractivity contribution in [1.29, 1.82) is 0 Å². The molecule has 0 saturated heterocycles. The molecule has 3 heteroatoms. The van der Waals surface area contributed by atoms with Gasteiger partial charge in [0.15, 0.2) is 0 Å². The Kier molecular flexibility index (Phi) is 4.11. The highest BCUT2D eigenvalue weighted by molar-refractivity contribution is 5.79. The lowest BCUT2D eigenvalue weighted by molar-refractivity contribution is -0.139. The molecule has 0 spiro atoms. The Hall–Kier alpha value is -0.570. The van der Waals surface area contributed by atoms with Crippen LogP contribution in [0.3, 0.4) is 0 Å². The fraction of sp³-hybridized carbons (Fsp3) is 0.938. The monoisotopic (exact) mass is 264 g/mol. The molecule has 0 aromatic rings. The van der Waals surface area contributed by atoms with Gasteiger partial charge in [0.25, 0.3) is 0 Å². The number of hydrogen-bond acceptors (Lipinski definition) is 2. The van der Waals surface area contributed by atoms with Crippen LogP contribution in [0.25, 0.3) is 0 Å². The molecule has 2 atom stereocenters. The fourth-order valence-corrected chi connectivity index (χ4v) is 3.53. The molecule has 0 heterocycles. The van der Waals surface area contributed by atoms with Crippen LogP contribution in [0, 0.1) is 23.7 Å². The highest BCUT2D eigenvalue weighted by atomic mass is 16.2. The Labute approximate surface area is 116 Å². The van der Waals surface area contributed by atoms with Crippen molar-refractivity contribution in [3.05, 3.63) is 0 Å². The van der Waals surface area contributed by atoms with Gasteiger partial charge in [-0.3, -0.25) is 4.79 Å². The lowest BCUT2D eigenvalue weighted by Crippen LogP contribution is -2.44. The van der Waals surface area contributed by atoms with E-state index in [4.69, 9.17) is 5.73 Å². The van der Waals surface area contributed by atoms with E-state index in [1.54, 1.807) is 0 Å². The summed E-state index contributed by atoms with van der Waals surface area (Å²) in [4.78, 5) is 15.1. The number of amides is 1. The molecule has 3 nitrogen and oxygen atoms in total. The zero-order valence-electron chi connectivity index (χ0n) is 12.0. The number of nitrogens with two attached hydrogens (primary N) is 1. The maximum atomic E-state index is 12.9. The summed E-state index contributed by atoms with van der Waals surface area (Å²) in [6, 6.07) is 0. The molecule has 0 radical (unpaired) electrons. The number of hydrogen-bond donors (Lipinski definition) is 1. The molecule has 3 rings (SSSR count). The van der Waals surface area contributed by atoms with Crippen molar-refractivity contribution in [2.45, 2.75) is 51.4 Å². The summed E-state index contributed by atoms with van der Waals surface area (Å²) >= 11 is 0. The van der Waals surface area contributed by atoms with Gasteiger partial charge in [0.05, 0.1) is 0 Å². The molecule has 3 saturated carbocycles. The zero-order valence-corrected chi connectivity index (χ0v) is 12.0. The minimum Gasteiger partial charge on any atom is -0.342 e. The van der Waals surface area contributed by atoms with E-state index >= 15 is 0 Å². The summed E-state index contributed by atoms with van der Waals surface area (Å²) in [5, 5.41) is 0. The second kappa shape index (κ2) is 5.82. The Balaban J connectivity index is 1.62. The Bertz CT molecular complexity index is 309. The van der Waals surface area contributed by atoms with Crippen LogP contribution in [0.5, 0.6) is 0 Å². The molecule has 1 amide bonds. The highest BCUT2D eigenvalue weighted by Gasteiger charge is 2.37. The summed E-state index contributed by atoms with van der Waals surface area (Å²) in [5.41, 5.74) is 5.89. The van der Waals surface area contributed by atoms with Crippen molar-refractivity contribution in [2.75, 3.05) is 19.6 Å². The van der Waals surface area contributed by atoms with Crippen LogP contribution in [0.1, 0.15) is 51.4 Å². The molecule has 3 aliphatic carbocycles. The minimum absolute atomic E-state index is 0.233. The van der Waals surface area contributed by atoms with Gasteiger partial charge in [0.1, 0.15) is 0 Å². The molecule has 108 valence electrons. The van der Waals surface area contributed by atoms with Crippen LogP contribution in [0.2, 0.25) is 0 Å². The van der Waals surface area contributed by atoms with Gasteiger partial charge in [0, 0.05) is 19.0 Å². The first-order valence-corrected chi connectivity index (χ1v) is 8.26. The van der Waals surface area contributed by atoms with Crippen molar-refractivity contribution in [1.82, 2.24) is 4.90 Å². The zero-order chi connectivity index (χ0) is 13.2. The van der Waals surface area contributed by atoms with E-state index in [2.05, 4.69) is 4.90 Å². The van der Waals surface area contributed by atoms with Gasteiger partial charge in [0.2, 0.25) is 5.91 Å². The average Bonchev–Trinajstić information content (AvgIpc) is 3.32. The maximum Gasteiger partial charge on any atom is 0.226 e. The Morgan fingerprint density at radius 3 is 2.05 bits per heavy atom. The second-order valence-electron chi connectivity index (χ2n) is 7.02. The minimum atomic E-state index is 0.233. The van der Waals surface area contributed by atoms with Crippen LogP contribution in [0.4, 0.5) is 0 Å². The molecule has 0 aliphatic heterocycles. The van der Waals surface area contributed by atoms with Crippen LogP contribution in [0.15, 0.2) is 0 Å². The summed E-state index contributed by atoms with van der Waals surface area (Å²) in [7, 11) is 0. The first-order chi connectivity index (χ1) is 9.28. The van der Waals surface area contributed by atoms with Crippen LogP contribution in [-0.4, -0.2) is 30.4 Å². The molecule has 0 bridgehead atoms. The van der Waals surface area contributed by atoms with Gasteiger partial charge in [-0.25, -0.2) is 0 Å². The molecule has 0 aromatic carbocycles. The van der Waals surface area contributed by atoms with E-state index in [0.29, 0.717) is 18.4 Å². The molecule has 2 unspecified atom stereocenters. The second-order valence-corrected chi connectivity index (χ2v) is 7.02. The summed E-state index contributed by atoms with van der Waals surface area (Å²) < 4.78 is 0. The SMILES string of the molecule is NCC1CCCCC1C(=O)N(CC1CC1)CC1CC1. The number of carbonyl (C=O) groups is 1. The predicted octanol–water partition coefficient (Wildman–Crippen LogP) is 2.40. The van der Waals surface area contributed by atoms with Crippen molar-refractivity contribution >= 4 is 5.91 Å². The third-order valence-electron chi connectivity index (χ3n) is 5.19. The topological polar surface area (TPSA) is 46.3 Å². The van der Waals surface area contributed by atoms with E-state index in [-0.39, 0.29) is 5.92 Å². The molecule has 3 aliphatic rings. The van der Waals surface area contributed by atoms with Gasteiger partial charge in [-0.2, -0.15) is 0 Å². The molecular formula is C16H28N2O. The molecule has 2 N–H and O–H groups in total. The van der Waals surface area contributed by atoms with Crippen LogP contribution < -0.4 is 5.73 Å². The Morgan fingerprint density at radius 1 is 0.947 bits per heavy atom. The third-order valence-corrected chi connectivity index (χ3v) is 5.19. The maximum absolute atomic E-state index is 12.9. The molecule has 19 heavy (non-hydrogen) atoms. The van der Waals surface area contributed by atoms with Crippen molar-refractivity contribution in [3.63, 3.8) is 0 Å². The summed E-state index contributed by atoms with van der Waals surface area (Å²) in [6.07, 6.45) is 10.0. The van der Waals surface area contributed by atoms with E-state index in [0.717, 1.165) is 37.8 Å². The predicted molar refractivity (Wildman–Crippen MR) is 76.5 cm³/mol. The first-order valence-electron chi connectivity index (χ1n) is 8.26. The molecule has 3 fully saturated rings. The number of carbonyl (C=O) groups excluding carboxylic acids is 1. The molecule has 0 aromatic heterocycles. The van der Waals surface area contributed by atoms with E-state index in [1.807, 2.05) is 0 Å². The van der Waals surface area contributed by atoms with Gasteiger partial charge < -0.3 is 10.6 Å². The van der Waals surface area contributed by atoms with Gasteiger partial charge >= 0.3 is 0 Å². The Morgan fingerprint density at radius 2 is 1.53 bits per heavy atom. The fourth-order valence-electron chi connectivity index (χ4n) is 3.53. The van der Waals surface area contributed by atoms with E-state index < -0.39 is 0 Å². The summed E-state index contributed by atoms with van der Waals surface area (Å²) in [5.74, 6) is 2.73. The number of nitrogens with zero attached hydrogens (tertiary/aromatic N) is 1. The van der Waals surface area contributed by atoms with Crippen molar-refractivity contribution in [3.8, 4) is 0 Å². The first kappa shape index (κ1) is 13.4. The third kappa shape index (κ3) is 3.50. The largest absolute Gasteiger partial charge is 0.342 e. The average molecular weight is 264 g/mol. The smallest absolute Gasteiger partial charge is 0.226 e. The van der Waals surface area contributed by atoms with Crippen molar-refractivity contribution in [2.24, 2.45) is 29.4 Å². The van der Waals surface area contributed by atoms with Crippen LogP contribution in [-0.2, 0) is 4.79 Å². The van der Waals surface area contributed by atoms with Crippen LogP contribution >= 0.6 is 0 Å². The quantitative estimate of drug-likeness (QED) is 0.800. The highest BCUT2D eigenvalue weighted by Crippen LogP contribution is 2.36. The normalized spacial score (nSPS) is 31.2. The van der Waals surface area contributed by atoms with Gasteiger partial charge in [-0.05, 0) is 62.8 Å². The van der Waals surface area contributed by atoms with E-state index in [1.165, 1.54) is 38.5 Å². The van der Waals surface area contributed by atoms with Gasteiger partial charge in [-0.1, -0.05) is 12.8 Å². The standard InChI is InChI=1S/C16H28N2O/c17-9-14-3-1-2-4-15(14)16(19)18(10-12-5-6-12)11-13-7-8-13/h12-15H,1-11,17H2. The van der Waals surface area contributed by atoms with E-state index in [9.17, 15) is 4.79 Å². The lowest BCUT2D eigenvalue weighted by atomic mass is 9.78. The van der Waals surface area contributed by atoms with Gasteiger partial charge in [-0.15, -0.1) is 0 Å². The lowest BCUT2D eigenvalue weighted by Gasteiger charge is -2.34. The van der Waals surface area contributed by atoms with Crippen molar-refractivity contribution < 1.29 is 4.79 Å².